The van der Waals surface area contributed by atoms with E-state index in [1.807, 2.05) is 12.1 Å². The number of phenolic OH excluding ortho intramolecular Hbond substituents is 1. The van der Waals surface area contributed by atoms with Crippen molar-refractivity contribution in [2.24, 2.45) is 0 Å². The van der Waals surface area contributed by atoms with Crippen molar-refractivity contribution in [2.75, 3.05) is 26.7 Å². The molecule has 27 heavy (non-hydrogen) atoms. The molecule has 2 aliphatic rings. The third kappa shape index (κ3) is 4.37. The molecule has 0 bridgehead atoms. The molecule has 0 unspecified atom stereocenters. The molecule has 6 heteroatoms. The van der Waals surface area contributed by atoms with Gasteiger partial charge in [-0.2, -0.15) is 0 Å². The molecule has 2 aromatic carbocycles. The Bertz CT molecular complexity index is 848. The van der Waals surface area contributed by atoms with Gasteiger partial charge in [-0.25, -0.2) is 0 Å². The maximum atomic E-state index is 10.1. The van der Waals surface area contributed by atoms with Crippen molar-refractivity contribution in [3.63, 3.8) is 0 Å². The number of halogens is 1. The number of aromatic hydroxyl groups is 1. The summed E-state index contributed by atoms with van der Waals surface area (Å²) in [6, 6.07) is 10.2. The lowest BCUT2D eigenvalue weighted by Crippen LogP contribution is -2.24. The number of hydrogen-bond acceptors (Lipinski definition) is 4. The monoisotopic (exact) mass is 389 g/mol. The number of nitrogens with zero attached hydrogens (tertiary/aromatic N) is 1. The van der Waals surface area contributed by atoms with Gasteiger partial charge in [0.05, 0.1) is 11.6 Å². The van der Waals surface area contributed by atoms with Crippen molar-refractivity contribution in [1.29, 1.82) is 0 Å². The summed E-state index contributed by atoms with van der Waals surface area (Å²) in [5.74, 6) is 0.551. The molecular formula is C21H24ClNO4. The van der Waals surface area contributed by atoms with E-state index in [1.165, 1.54) is 22.3 Å². The molecule has 0 saturated heterocycles. The number of carboxylic acid groups (broad SMARTS) is 1. The smallest absolute Gasteiger partial charge is 0.300 e. The Labute approximate surface area is 164 Å². The zero-order chi connectivity index (χ0) is 19.6. The predicted octanol–water partition coefficient (Wildman–Crippen LogP) is 3.69. The van der Waals surface area contributed by atoms with Gasteiger partial charge in [0.25, 0.3) is 5.97 Å². The third-order valence-electron chi connectivity index (χ3n) is 4.96. The lowest BCUT2D eigenvalue weighted by Gasteiger charge is -2.24. The first-order valence-corrected chi connectivity index (χ1v) is 9.38. The second-order valence-corrected chi connectivity index (χ2v) is 7.43. The SMILES string of the molecule is CC(=O)O.CN1CCc2cc(Cl)c(O)cc2[C@@H](c2cccc3c2OCC3)C1. The number of aliphatic carboxylic acids is 1. The minimum Gasteiger partial charge on any atom is -0.506 e. The van der Waals surface area contributed by atoms with Gasteiger partial charge in [-0.05, 0) is 42.3 Å². The highest BCUT2D eigenvalue weighted by atomic mass is 35.5. The Kier molecular flexibility index (Phi) is 5.92. The molecule has 0 radical (unpaired) electrons. The van der Waals surface area contributed by atoms with Crippen molar-refractivity contribution in [1.82, 2.24) is 4.90 Å². The molecular weight excluding hydrogens is 366 g/mol. The molecule has 0 fully saturated rings. The first-order valence-electron chi connectivity index (χ1n) is 9.00. The molecule has 2 aromatic rings. The van der Waals surface area contributed by atoms with Gasteiger partial charge in [-0.1, -0.05) is 29.8 Å². The normalized spacial score (nSPS) is 18.4. The maximum Gasteiger partial charge on any atom is 0.300 e. The second-order valence-electron chi connectivity index (χ2n) is 7.02. The van der Waals surface area contributed by atoms with Crippen LogP contribution in [-0.4, -0.2) is 47.8 Å². The fourth-order valence-electron chi connectivity index (χ4n) is 3.75. The summed E-state index contributed by atoms with van der Waals surface area (Å²) in [6.45, 7) is 3.74. The van der Waals surface area contributed by atoms with Crippen molar-refractivity contribution >= 4 is 17.6 Å². The zero-order valence-electron chi connectivity index (χ0n) is 15.5. The molecule has 5 nitrogen and oxygen atoms in total. The third-order valence-corrected chi connectivity index (χ3v) is 5.26. The number of carbonyl (C=O) groups is 1. The minimum absolute atomic E-state index is 0.161. The van der Waals surface area contributed by atoms with Crippen LogP contribution in [-0.2, 0) is 17.6 Å². The van der Waals surface area contributed by atoms with E-state index in [2.05, 4.69) is 30.1 Å². The van der Waals surface area contributed by atoms with Crippen LogP contribution in [0.1, 0.15) is 35.1 Å². The van der Waals surface area contributed by atoms with Gasteiger partial charge < -0.3 is 19.8 Å². The Morgan fingerprint density at radius 1 is 1.22 bits per heavy atom. The first kappa shape index (κ1) is 19.5. The fraction of sp³-hybridized carbons (Fsp3) is 0.381. The summed E-state index contributed by atoms with van der Waals surface area (Å²) in [5.41, 5.74) is 4.89. The van der Waals surface area contributed by atoms with Crippen LogP contribution in [0.2, 0.25) is 5.02 Å². The molecule has 1 atom stereocenters. The lowest BCUT2D eigenvalue weighted by molar-refractivity contribution is -0.134. The average Bonchev–Trinajstić information content (AvgIpc) is 3.03. The molecule has 4 rings (SSSR count). The molecule has 0 aromatic heterocycles. The van der Waals surface area contributed by atoms with E-state index in [9.17, 15) is 5.11 Å². The number of benzene rings is 2. The van der Waals surface area contributed by atoms with Gasteiger partial charge in [0.2, 0.25) is 0 Å². The summed E-state index contributed by atoms with van der Waals surface area (Å²) in [7, 11) is 2.14. The van der Waals surface area contributed by atoms with E-state index >= 15 is 0 Å². The molecule has 144 valence electrons. The van der Waals surface area contributed by atoms with E-state index in [0.717, 1.165) is 45.2 Å². The maximum absolute atomic E-state index is 10.1. The van der Waals surface area contributed by atoms with E-state index in [4.69, 9.17) is 26.2 Å². The molecule has 2 heterocycles. The van der Waals surface area contributed by atoms with Gasteiger partial charge in [-0.15, -0.1) is 0 Å². The summed E-state index contributed by atoms with van der Waals surface area (Å²) in [6.07, 6.45) is 1.92. The van der Waals surface area contributed by atoms with Crippen LogP contribution in [0.3, 0.4) is 0 Å². The number of rotatable bonds is 1. The molecule has 2 aliphatic heterocycles. The van der Waals surface area contributed by atoms with Crippen molar-refractivity contribution in [3.05, 3.63) is 57.6 Å². The highest BCUT2D eigenvalue weighted by molar-refractivity contribution is 6.32. The van der Waals surface area contributed by atoms with E-state index < -0.39 is 5.97 Å². The molecule has 0 amide bonds. The van der Waals surface area contributed by atoms with Gasteiger partial charge in [0.15, 0.2) is 0 Å². The predicted molar refractivity (Wildman–Crippen MR) is 105 cm³/mol. The highest BCUT2D eigenvalue weighted by Crippen LogP contribution is 2.42. The van der Waals surface area contributed by atoms with Crippen LogP contribution in [0.5, 0.6) is 11.5 Å². The number of para-hydroxylation sites is 1. The number of likely N-dealkylation sites (N-methyl/N-ethyl adjacent to an activating group) is 1. The highest BCUT2D eigenvalue weighted by Gasteiger charge is 2.28. The summed E-state index contributed by atoms with van der Waals surface area (Å²) >= 11 is 6.13. The minimum atomic E-state index is -0.833. The van der Waals surface area contributed by atoms with E-state index in [1.54, 1.807) is 0 Å². The fourth-order valence-corrected chi connectivity index (χ4v) is 3.94. The van der Waals surface area contributed by atoms with Crippen LogP contribution in [0, 0.1) is 0 Å². The van der Waals surface area contributed by atoms with Crippen molar-refractivity contribution in [3.8, 4) is 11.5 Å². The van der Waals surface area contributed by atoms with Gasteiger partial charge in [0, 0.05) is 37.9 Å². The average molecular weight is 390 g/mol. The molecule has 2 N–H and O–H groups in total. The number of phenols is 1. The van der Waals surface area contributed by atoms with Crippen LogP contribution in [0.15, 0.2) is 30.3 Å². The van der Waals surface area contributed by atoms with Gasteiger partial charge in [-0.3, -0.25) is 4.79 Å². The van der Waals surface area contributed by atoms with Crippen LogP contribution >= 0.6 is 11.6 Å². The van der Waals surface area contributed by atoms with Gasteiger partial charge in [0.1, 0.15) is 11.5 Å². The summed E-state index contributed by atoms with van der Waals surface area (Å²) in [4.78, 5) is 11.3. The van der Waals surface area contributed by atoms with Crippen LogP contribution in [0.25, 0.3) is 0 Å². The zero-order valence-corrected chi connectivity index (χ0v) is 16.3. The van der Waals surface area contributed by atoms with Crippen LogP contribution in [0.4, 0.5) is 0 Å². The summed E-state index contributed by atoms with van der Waals surface area (Å²) in [5, 5.41) is 18.0. The topological polar surface area (TPSA) is 70.0 Å². The number of fused-ring (bicyclic) bond motifs is 2. The quantitative estimate of drug-likeness (QED) is 0.778. The number of ether oxygens (including phenoxy) is 1. The Hall–Kier alpha value is -2.24. The molecule has 0 saturated carbocycles. The van der Waals surface area contributed by atoms with Gasteiger partial charge >= 0.3 is 0 Å². The van der Waals surface area contributed by atoms with Crippen molar-refractivity contribution in [2.45, 2.75) is 25.7 Å². The largest absolute Gasteiger partial charge is 0.506 e. The standard InChI is InChI=1S/C19H20ClNO2.C2H4O2/c1-21-7-5-13-9-17(20)18(22)10-15(13)16(11-21)14-4-2-3-12-6-8-23-19(12)14;1-2(3)4/h2-4,9-10,16,22H,5-8,11H2,1H3;1H3,(H,3,4)/t16-;/m1./s1. The Morgan fingerprint density at radius 3 is 2.70 bits per heavy atom. The van der Waals surface area contributed by atoms with Crippen molar-refractivity contribution < 1.29 is 19.7 Å². The number of carboxylic acids is 1. The van der Waals surface area contributed by atoms with E-state index in [0.29, 0.717) is 5.02 Å². The first-order chi connectivity index (χ1) is 12.9. The van der Waals surface area contributed by atoms with E-state index in [-0.39, 0.29) is 11.7 Å². The number of hydrogen-bond donors (Lipinski definition) is 2. The Morgan fingerprint density at radius 2 is 1.96 bits per heavy atom. The second kappa shape index (κ2) is 8.19. The summed E-state index contributed by atoms with van der Waals surface area (Å²) < 4.78 is 5.92. The Balaban J connectivity index is 0.000000481. The molecule has 0 aliphatic carbocycles. The van der Waals surface area contributed by atoms with Crippen LogP contribution < -0.4 is 4.74 Å². The molecule has 0 spiro atoms. The lowest BCUT2D eigenvalue weighted by atomic mass is 9.86.